The van der Waals surface area contributed by atoms with Gasteiger partial charge in [0.25, 0.3) is 0 Å². The second-order valence-electron chi connectivity index (χ2n) is 8.44. The lowest BCUT2D eigenvalue weighted by molar-refractivity contribution is -0.129. The van der Waals surface area contributed by atoms with Crippen molar-refractivity contribution in [1.29, 1.82) is 5.41 Å². The maximum atomic E-state index is 13.0. The van der Waals surface area contributed by atoms with Gasteiger partial charge >= 0.3 is 0 Å². The number of amides is 2. The fraction of sp³-hybridized carbons (Fsp3) is 0.423. The zero-order chi connectivity index (χ0) is 24.8. The Morgan fingerprint density at radius 2 is 1.54 bits per heavy atom. The standard InChI is InChI=1S/C26H38N6O2.3ClH/c1-19(25(33)31-18-21-10-13-22(14-11-21)24(28)29)32-26(34)23(30-17-7-3-6-16-27)15-12-20-8-4-2-5-9-20;;;/h2,4-5,8-11,13-14,19,23,30H,3,6-7,12,15-18,27H2,1H3,(H3,28,29)(H,31,33)(H,32,34);3*1H/t19-,23+;;;/m0.../s1. The predicted octanol–water partition coefficient (Wildman–Crippen LogP) is 3.08. The van der Waals surface area contributed by atoms with Crippen LogP contribution in [0.2, 0.25) is 0 Å². The lowest BCUT2D eigenvalue weighted by atomic mass is 10.0. The molecule has 0 aliphatic rings. The van der Waals surface area contributed by atoms with Gasteiger partial charge in [-0.15, -0.1) is 37.2 Å². The van der Waals surface area contributed by atoms with E-state index >= 15 is 0 Å². The summed E-state index contributed by atoms with van der Waals surface area (Å²) in [6.45, 7) is 3.41. The fourth-order valence-corrected chi connectivity index (χ4v) is 3.53. The summed E-state index contributed by atoms with van der Waals surface area (Å²) >= 11 is 0. The smallest absolute Gasteiger partial charge is 0.242 e. The highest BCUT2D eigenvalue weighted by molar-refractivity contribution is 5.95. The van der Waals surface area contributed by atoms with Crippen molar-refractivity contribution in [2.45, 2.75) is 57.7 Å². The third kappa shape index (κ3) is 14.2. The molecule has 0 aliphatic heterocycles. The number of carbonyl (C=O) groups is 2. The Kier molecular flexibility index (Phi) is 20.6. The van der Waals surface area contributed by atoms with Crippen LogP contribution in [0.5, 0.6) is 0 Å². The quantitative estimate of drug-likeness (QED) is 0.110. The van der Waals surface area contributed by atoms with Crippen LogP contribution in [-0.2, 0) is 22.6 Å². The summed E-state index contributed by atoms with van der Waals surface area (Å²) < 4.78 is 0. The Morgan fingerprint density at radius 3 is 2.14 bits per heavy atom. The van der Waals surface area contributed by atoms with Crippen molar-refractivity contribution in [3.63, 3.8) is 0 Å². The highest BCUT2D eigenvalue weighted by Gasteiger charge is 2.22. The summed E-state index contributed by atoms with van der Waals surface area (Å²) in [6, 6.07) is 16.1. The molecule has 0 saturated carbocycles. The minimum Gasteiger partial charge on any atom is -0.384 e. The summed E-state index contributed by atoms with van der Waals surface area (Å²) in [4.78, 5) is 25.5. The Bertz CT molecular complexity index is 916. The van der Waals surface area contributed by atoms with Gasteiger partial charge in [-0.2, -0.15) is 0 Å². The van der Waals surface area contributed by atoms with E-state index in [0.717, 1.165) is 37.8 Å². The van der Waals surface area contributed by atoms with Gasteiger partial charge in [0.05, 0.1) is 6.04 Å². The molecule has 0 aromatic heterocycles. The van der Waals surface area contributed by atoms with Crippen LogP contribution >= 0.6 is 37.2 Å². The average Bonchev–Trinajstić information content (AvgIpc) is 2.84. The average molecular weight is 576 g/mol. The van der Waals surface area contributed by atoms with E-state index in [0.29, 0.717) is 25.1 Å². The number of carbonyl (C=O) groups excluding carboxylic acids is 2. The van der Waals surface area contributed by atoms with Crippen LogP contribution < -0.4 is 27.4 Å². The third-order valence-corrected chi connectivity index (χ3v) is 5.64. The molecule has 37 heavy (non-hydrogen) atoms. The van der Waals surface area contributed by atoms with Gasteiger partial charge in [0, 0.05) is 12.1 Å². The molecule has 2 amide bonds. The minimum atomic E-state index is -0.665. The Labute approximate surface area is 238 Å². The summed E-state index contributed by atoms with van der Waals surface area (Å²) in [6.07, 6.45) is 4.35. The van der Waals surface area contributed by atoms with Gasteiger partial charge in [0.15, 0.2) is 0 Å². The molecule has 8 nitrogen and oxygen atoms in total. The van der Waals surface area contributed by atoms with Crippen molar-refractivity contribution in [1.82, 2.24) is 16.0 Å². The molecule has 2 atom stereocenters. The molecule has 0 heterocycles. The molecule has 0 radical (unpaired) electrons. The van der Waals surface area contributed by atoms with Crippen molar-refractivity contribution in [2.24, 2.45) is 11.5 Å². The highest BCUT2D eigenvalue weighted by atomic mass is 35.5. The van der Waals surface area contributed by atoms with Crippen LogP contribution in [0.25, 0.3) is 0 Å². The first-order valence-electron chi connectivity index (χ1n) is 11.9. The molecule has 0 spiro atoms. The summed E-state index contributed by atoms with van der Waals surface area (Å²) in [5.41, 5.74) is 13.7. The topological polar surface area (TPSA) is 146 Å². The van der Waals surface area contributed by atoms with Crippen molar-refractivity contribution < 1.29 is 9.59 Å². The zero-order valence-corrected chi connectivity index (χ0v) is 23.7. The largest absolute Gasteiger partial charge is 0.384 e. The van der Waals surface area contributed by atoms with E-state index in [-0.39, 0.29) is 60.9 Å². The van der Waals surface area contributed by atoms with Gasteiger partial charge in [0.1, 0.15) is 11.9 Å². The number of rotatable bonds is 15. The Morgan fingerprint density at radius 1 is 0.892 bits per heavy atom. The van der Waals surface area contributed by atoms with E-state index in [1.165, 1.54) is 5.56 Å². The van der Waals surface area contributed by atoms with Crippen LogP contribution in [-0.4, -0.2) is 42.8 Å². The number of hydrogen-bond acceptors (Lipinski definition) is 5. The highest BCUT2D eigenvalue weighted by Crippen LogP contribution is 2.07. The van der Waals surface area contributed by atoms with Crippen LogP contribution in [0.4, 0.5) is 0 Å². The van der Waals surface area contributed by atoms with Crippen molar-refractivity contribution >= 4 is 54.9 Å². The lowest BCUT2D eigenvalue weighted by Crippen LogP contribution is -2.51. The number of amidine groups is 1. The molecule has 2 aromatic rings. The zero-order valence-electron chi connectivity index (χ0n) is 21.2. The van der Waals surface area contributed by atoms with Gasteiger partial charge in [-0.25, -0.2) is 0 Å². The Balaban J connectivity index is 0. The second kappa shape index (κ2) is 20.7. The first kappa shape index (κ1) is 36.8. The number of nitrogens with one attached hydrogen (secondary N) is 4. The molecule has 0 aliphatic carbocycles. The van der Waals surface area contributed by atoms with E-state index in [4.69, 9.17) is 16.9 Å². The van der Waals surface area contributed by atoms with Gasteiger partial charge in [0.2, 0.25) is 11.8 Å². The van der Waals surface area contributed by atoms with Crippen LogP contribution in [0, 0.1) is 5.41 Å². The number of aryl methyl sites for hydroxylation is 1. The fourth-order valence-electron chi connectivity index (χ4n) is 3.53. The molecular formula is C26H41Cl3N6O2. The summed E-state index contributed by atoms with van der Waals surface area (Å²) in [5, 5.41) is 16.5. The maximum Gasteiger partial charge on any atom is 0.242 e. The molecule has 8 N–H and O–H groups in total. The molecule has 0 fully saturated rings. The number of nitrogen functional groups attached to an aromatic ring is 1. The molecule has 2 rings (SSSR count). The number of benzene rings is 2. The molecular weight excluding hydrogens is 535 g/mol. The van der Waals surface area contributed by atoms with Gasteiger partial charge in [-0.1, -0.05) is 61.0 Å². The normalized spacial score (nSPS) is 11.5. The number of unbranched alkanes of at least 4 members (excludes halogenated alkanes) is 2. The number of hydrogen-bond donors (Lipinski definition) is 6. The van der Waals surface area contributed by atoms with Crippen LogP contribution in [0.15, 0.2) is 54.6 Å². The van der Waals surface area contributed by atoms with E-state index in [2.05, 4.69) is 28.1 Å². The van der Waals surface area contributed by atoms with Gasteiger partial charge < -0.3 is 27.4 Å². The maximum absolute atomic E-state index is 13.0. The molecule has 0 bridgehead atoms. The minimum absolute atomic E-state index is 0. The van der Waals surface area contributed by atoms with E-state index in [9.17, 15) is 9.59 Å². The van der Waals surface area contributed by atoms with Gasteiger partial charge in [-0.3, -0.25) is 15.0 Å². The molecule has 2 aromatic carbocycles. The van der Waals surface area contributed by atoms with Crippen LogP contribution in [0.1, 0.15) is 49.3 Å². The van der Waals surface area contributed by atoms with Crippen LogP contribution in [0.3, 0.4) is 0 Å². The van der Waals surface area contributed by atoms with Gasteiger partial charge in [-0.05, 0) is 56.8 Å². The second-order valence-corrected chi connectivity index (χ2v) is 8.44. The molecule has 0 saturated heterocycles. The molecule has 0 unspecified atom stereocenters. The lowest BCUT2D eigenvalue weighted by Gasteiger charge is -2.21. The first-order chi connectivity index (χ1) is 16.4. The SMILES string of the molecule is C[C@H](NC(=O)[C@@H](CCc1ccccc1)NCCCCCN)C(=O)NCc1ccc(C(=N)N)cc1.Cl.Cl.Cl. The molecule has 208 valence electrons. The third-order valence-electron chi connectivity index (χ3n) is 5.64. The van der Waals surface area contributed by atoms with E-state index in [1.807, 2.05) is 30.3 Å². The first-order valence-corrected chi connectivity index (χ1v) is 11.9. The van der Waals surface area contributed by atoms with Crippen molar-refractivity contribution in [2.75, 3.05) is 13.1 Å². The Hall–Kier alpha value is -2.36. The molecule has 11 heteroatoms. The summed E-state index contributed by atoms with van der Waals surface area (Å²) in [5.74, 6) is -0.432. The summed E-state index contributed by atoms with van der Waals surface area (Å²) in [7, 11) is 0. The monoisotopic (exact) mass is 574 g/mol. The van der Waals surface area contributed by atoms with E-state index in [1.54, 1.807) is 19.1 Å². The number of nitrogens with two attached hydrogens (primary N) is 2. The van der Waals surface area contributed by atoms with E-state index < -0.39 is 6.04 Å². The van der Waals surface area contributed by atoms with Crippen molar-refractivity contribution in [3.8, 4) is 0 Å². The predicted molar refractivity (Wildman–Crippen MR) is 158 cm³/mol. The van der Waals surface area contributed by atoms with Crippen molar-refractivity contribution in [3.05, 3.63) is 71.3 Å². The number of halogens is 3.